The van der Waals surface area contributed by atoms with Crippen molar-refractivity contribution in [3.8, 4) is 0 Å². The number of halogens is 1. The van der Waals surface area contributed by atoms with Crippen molar-refractivity contribution >= 4 is 16.8 Å². The van der Waals surface area contributed by atoms with Gasteiger partial charge in [-0.05, 0) is 17.2 Å². The Morgan fingerprint density at radius 3 is 2.47 bits per heavy atom. The van der Waals surface area contributed by atoms with Gasteiger partial charge in [0.1, 0.15) is 6.61 Å². The molecule has 0 amide bonds. The van der Waals surface area contributed by atoms with Gasteiger partial charge in [0, 0.05) is 0 Å². The number of ether oxygens (including phenoxy) is 2. The molecule has 0 atom stereocenters. The topological polar surface area (TPSA) is 35.5 Å². The minimum Gasteiger partial charge on any atom is -0.374 e. The lowest BCUT2D eigenvalue weighted by molar-refractivity contribution is -0.116. The third kappa shape index (κ3) is 6.23. The quantitative estimate of drug-likeness (QED) is 0.529. The summed E-state index contributed by atoms with van der Waals surface area (Å²) in [5, 5.41) is -0.488. The van der Waals surface area contributed by atoms with Gasteiger partial charge in [0.2, 0.25) is 5.24 Å². The zero-order chi connectivity index (χ0) is 10.9. The second-order valence-electron chi connectivity index (χ2n) is 2.95. The lowest BCUT2D eigenvalue weighted by atomic mass is 10.2. The monoisotopic (exact) mass is 228 g/mol. The van der Waals surface area contributed by atoms with Crippen molar-refractivity contribution in [3.63, 3.8) is 0 Å². The van der Waals surface area contributed by atoms with Crippen molar-refractivity contribution in [2.24, 2.45) is 0 Å². The molecule has 0 bridgehead atoms. The maximum absolute atomic E-state index is 10.3. The Balaban J connectivity index is 2.00. The van der Waals surface area contributed by atoms with Crippen molar-refractivity contribution in [1.29, 1.82) is 0 Å². The fourth-order valence-corrected chi connectivity index (χ4v) is 1.11. The molecule has 0 aliphatic rings. The highest BCUT2D eigenvalue weighted by Gasteiger charge is 1.95. The van der Waals surface area contributed by atoms with Gasteiger partial charge in [0.25, 0.3) is 0 Å². The molecule has 1 aromatic rings. The van der Waals surface area contributed by atoms with Gasteiger partial charge in [-0.15, -0.1) is 0 Å². The van der Waals surface area contributed by atoms with E-state index in [9.17, 15) is 4.79 Å². The summed E-state index contributed by atoms with van der Waals surface area (Å²) in [6.45, 7) is 1.33. The minimum atomic E-state index is -0.488. The molecule has 3 nitrogen and oxygen atoms in total. The van der Waals surface area contributed by atoms with Crippen LogP contribution in [0.2, 0.25) is 0 Å². The van der Waals surface area contributed by atoms with Crippen molar-refractivity contribution in [2.75, 3.05) is 19.8 Å². The van der Waals surface area contributed by atoms with E-state index in [4.69, 9.17) is 21.1 Å². The number of rotatable bonds is 7. The molecule has 0 radical (unpaired) electrons. The van der Waals surface area contributed by atoms with Crippen LogP contribution in [0, 0.1) is 0 Å². The second-order valence-corrected chi connectivity index (χ2v) is 3.37. The van der Waals surface area contributed by atoms with Crippen LogP contribution in [0.3, 0.4) is 0 Å². The summed E-state index contributed by atoms with van der Waals surface area (Å²) in [4.78, 5) is 10.3. The highest BCUT2D eigenvalue weighted by Crippen LogP contribution is 1.99. The van der Waals surface area contributed by atoms with Crippen LogP contribution in [-0.2, 0) is 20.9 Å². The van der Waals surface area contributed by atoms with Gasteiger partial charge in [-0.1, -0.05) is 30.3 Å². The first-order valence-electron chi connectivity index (χ1n) is 4.67. The third-order valence-corrected chi connectivity index (χ3v) is 1.81. The van der Waals surface area contributed by atoms with Gasteiger partial charge in [-0.25, -0.2) is 0 Å². The average molecular weight is 229 g/mol. The Hall–Kier alpha value is -0.900. The lowest BCUT2D eigenvalue weighted by Crippen LogP contribution is -2.08. The van der Waals surface area contributed by atoms with E-state index in [1.165, 1.54) is 0 Å². The van der Waals surface area contributed by atoms with E-state index in [-0.39, 0.29) is 6.61 Å². The summed E-state index contributed by atoms with van der Waals surface area (Å²) in [5.74, 6) is 0. The van der Waals surface area contributed by atoms with E-state index in [2.05, 4.69) is 0 Å². The predicted octanol–water partition coefficient (Wildman–Crippen LogP) is 1.99. The summed E-state index contributed by atoms with van der Waals surface area (Å²) >= 11 is 5.08. The molecule has 0 aliphatic heterocycles. The van der Waals surface area contributed by atoms with E-state index in [0.29, 0.717) is 19.8 Å². The van der Waals surface area contributed by atoms with E-state index >= 15 is 0 Å². The van der Waals surface area contributed by atoms with E-state index in [1.807, 2.05) is 30.3 Å². The van der Waals surface area contributed by atoms with Crippen molar-refractivity contribution in [1.82, 2.24) is 0 Å². The molecule has 1 aromatic carbocycles. The first-order valence-corrected chi connectivity index (χ1v) is 5.04. The highest BCUT2D eigenvalue weighted by molar-refractivity contribution is 6.63. The number of hydrogen-bond acceptors (Lipinski definition) is 3. The number of carbonyl (C=O) groups excluding carboxylic acids is 1. The van der Waals surface area contributed by atoms with Gasteiger partial charge in [0.15, 0.2) is 0 Å². The maximum atomic E-state index is 10.3. The Bertz CT molecular complexity index is 287. The van der Waals surface area contributed by atoms with Crippen LogP contribution in [0.25, 0.3) is 0 Å². The summed E-state index contributed by atoms with van der Waals surface area (Å²) in [6, 6.07) is 9.85. The zero-order valence-electron chi connectivity index (χ0n) is 8.32. The zero-order valence-corrected chi connectivity index (χ0v) is 9.07. The molecule has 0 saturated heterocycles. The molecule has 0 fully saturated rings. The molecule has 15 heavy (non-hydrogen) atoms. The van der Waals surface area contributed by atoms with Crippen molar-refractivity contribution in [2.45, 2.75) is 6.61 Å². The molecule has 4 heteroatoms. The molecule has 0 unspecified atom stereocenters. The fraction of sp³-hybridized carbons (Fsp3) is 0.364. The van der Waals surface area contributed by atoms with Gasteiger partial charge in [-0.3, -0.25) is 4.79 Å². The molecular weight excluding hydrogens is 216 g/mol. The summed E-state index contributed by atoms with van der Waals surface area (Å²) in [7, 11) is 0. The standard InChI is InChI=1S/C11H13ClO3/c12-11(13)9-15-7-6-14-8-10-4-2-1-3-5-10/h1-5H,6-9H2. The molecule has 0 aromatic heterocycles. The smallest absolute Gasteiger partial charge is 0.247 e. The SMILES string of the molecule is O=C(Cl)COCCOCc1ccccc1. The third-order valence-electron chi connectivity index (χ3n) is 1.70. The molecule has 82 valence electrons. The van der Waals surface area contributed by atoms with Gasteiger partial charge >= 0.3 is 0 Å². The van der Waals surface area contributed by atoms with Crippen LogP contribution in [0.15, 0.2) is 30.3 Å². The Kier molecular flexibility index (Phi) is 6.00. The Labute approximate surface area is 93.9 Å². The predicted molar refractivity (Wildman–Crippen MR) is 57.8 cm³/mol. The number of benzene rings is 1. The van der Waals surface area contributed by atoms with Crippen molar-refractivity contribution < 1.29 is 14.3 Å². The first kappa shape index (κ1) is 12.2. The van der Waals surface area contributed by atoms with E-state index < -0.39 is 5.24 Å². The second kappa shape index (κ2) is 7.40. The lowest BCUT2D eigenvalue weighted by Gasteiger charge is -2.04. The fourth-order valence-electron chi connectivity index (χ4n) is 1.03. The molecule has 0 heterocycles. The summed E-state index contributed by atoms with van der Waals surface area (Å²) < 4.78 is 10.2. The van der Waals surface area contributed by atoms with E-state index in [1.54, 1.807) is 0 Å². The Morgan fingerprint density at radius 2 is 1.80 bits per heavy atom. The minimum absolute atomic E-state index is 0.0593. The molecule has 0 saturated carbocycles. The molecule has 0 N–H and O–H groups in total. The Morgan fingerprint density at radius 1 is 1.13 bits per heavy atom. The van der Waals surface area contributed by atoms with Crippen LogP contribution in [0.1, 0.15) is 5.56 Å². The normalized spacial score (nSPS) is 10.2. The van der Waals surface area contributed by atoms with E-state index in [0.717, 1.165) is 5.56 Å². The average Bonchev–Trinajstić information content (AvgIpc) is 2.24. The van der Waals surface area contributed by atoms with Gasteiger partial charge in [-0.2, -0.15) is 0 Å². The molecule has 1 rings (SSSR count). The van der Waals surface area contributed by atoms with Crippen LogP contribution < -0.4 is 0 Å². The molecular formula is C11H13ClO3. The van der Waals surface area contributed by atoms with Gasteiger partial charge < -0.3 is 9.47 Å². The molecule has 0 aliphatic carbocycles. The largest absolute Gasteiger partial charge is 0.374 e. The highest BCUT2D eigenvalue weighted by atomic mass is 35.5. The van der Waals surface area contributed by atoms with Crippen LogP contribution in [0.5, 0.6) is 0 Å². The van der Waals surface area contributed by atoms with Crippen LogP contribution in [0.4, 0.5) is 0 Å². The summed E-state index contributed by atoms with van der Waals surface area (Å²) in [5.41, 5.74) is 1.12. The maximum Gasteiger partial charge on any atom is 0.247 e. The van der Waals surface area contributed by atoms with Gasteiger partial charge in [0.05, 0.1) is 19.8 Å². The molecule has 0 spiro atoms. The van der Waals surface area contributed by atoms with Crippen LogP contribution >= 0.6 is 11.6 Å². The number of hydrogen-bond donors (Lipinski definition) is 0. The number of carbonyl (C=O) groups is 1. The van der Waals surface area contributed by atoms with Crippen molar-refractivity contribution in [3.05, 3.63) is 35.9 Å². The summed E-state index contributed by atoms with van der Waals surface area (Å²) in [6.07, 6.45) is 0. The van der Waals surface area contributed by atoms with Crippen LogP contribution in [-0.4, -0.2) is 25.1 Å². The first-order chi connectivity index (χ1) is 7.29.